The van der Waals surface area contributed by atoms with Crippen molar-refractivity contribution in [3.8, 4) is 0 Å². The van der Waals surface area contributed by atoms with E-state index in [1.165, 1.54) is 0 Å². The van der Waals surface area contributed by atoms with Crippen LogP contribution in [0.25, 0.3) is 0 Å². The van der Waals surface area contributed by atoms with Crippen LogP contribution >= 0.6 is 0 Å². The lowest BCUT2D eigenvalue weighted by Crippen LogP contribution is -2.38. The molecule has 1 aromatic carbocycles. The van der Waals surface area contributed by atoms with Gasteiger partial charge in [0.2, 0.25) is 0 Å². The summed E-state index contributed by atoms with van der Waals surface area (Å²) in [4.78, 5) is 26.7. The number of aliphatic hydroxyl groups excluding tert-OH is 1. The smallest absolute Gasteiger partial charge is 0.305 e. The number of rotatable bonds is 15. The molecule has 198 valence electrons. The van der Waals surface area contributed by atoms with Crippen LogP contribution in [0.5, 0.6) is 0 Å². The minimum Gasteiger partial charge on any atom is -0.464 e. The highest BCUT2D eigenvalue weighted by molar-refractivity contribution is 5.98. The molecular weight excluding hydrogens is 454 g/mol. The van der Waals surface area contributed by atoms with Crippen molar-refractivity contribution in [2.24, 2.45) is 5.92 Å². The maximum absolute atomic E-state index is 12.6. The Labute approximate surface area is 216 Å². The molecule has 0 bridgehead atoms. The minimum atomic E-state index is -0.441. The summed E-state index contributed by atoms with van der Waals surface area (Å²) in [5, 5.41) is 10.4. The molecule has 36 heavy (non-hydrogen) atoms. The first-order valence-corrected chi connectivity index (χ1v) is 13.7. The fourth-order valence-corrected chi connectivity index (χ4v) is 4.87. The largest absolute Gasteiger partial charge is 0.464 e. The molecule has 0 radical (unpaired) electrons. The molecule has 2 aliphatic rings. The molecule has 0 saturated carbocycles. The summed E-state index contributed by atoms with van der Waals surface area (Å²) >= 11 is 0. The third kappa shape index (κ3) is 9.30. The van der Waals surface area contributed by atoms with E-state index in [0.29, 0.717) is 13.0 Å². The molecule has 1 aliphatic carbocycles. The molecule has 0 amide bonds. The molecule has 0 spiro atoms. The fourth-order valence-electron chi connectivity index (χ4n) is 4.87. The molecular formula is C30H43NO5. The van der Waals surface area contributed by atoms with Gasteiger partial charge in [0.25, 0.3) is 0 Å². The number of hydrogen-bond donors (Lipinski definition) is 1. The second-order valence-electron chi connectivity index (χ2n) is 9.86. The van der Waals surface area contributed by atoms with Gasteiger partial charge in [0.1, 0.15) is 6.61 Å². The number of allylic oxidation sites excluding steroid dienone is 4. The molecule has 3 atom stereocenters. The Hall–Kier alpha value is -2.28. The van der Waals surface area contributed by atoms with Gasteiger partial charge in [-0.2, -0.15) is 0 Å². The van der Waals surface area contributed by atoms with Gasteiger partial charge >= 0.3 is 5.97 Å². The predicted molar refractivity (Wildman–Crippen MR) is 142 cm³/mol. The summed E-state index contributed by atoms with van der Waals surface area (Å²) in [7, 11) is 0. The van der Waals surface area contributed by atoms with Crippen LogP contribution in [0.3, 0.4) is 0 Å². The third-order valence-electron chi connectivity index (χ3n) is 7.10. The van der Waals surface area contributed by atoms with Crippen LogP contribution in [0.2, 0.25) is 0 Å². The number of carbonyl (C=O) groups is 2. The number of aliphatic hydroxyl groups is 1. The molecule has 0 aromatic heterocycles. The highest BCUT2D eigenvalue weighted by Gasteiger charge is 2.30. The van der Waals surface area contributed by atoms with Gasteiger partial charge in [-0.05, 0) is 48.8 Å². The molecule has 6 nitrogen and oxygen atoms in total. The third-order valence-corrected chi connectivity index (χ3v) is 7.10. The first kappa shape index (κ1) is 28.3. The number of ketones is 1. The molecule has 1 saturated heterocycles. The Kier molecular flexibility index (Phi) is 12.4. The number of unbranched alkanes of at least 4 members (excludes halogenated alkanes) is 3. The van der Waals surface area contributed by atoms with Crippen LogP contribution in [-0.2, 0) is 19.1 Å². The van der Waals surface area contributed by atoms with E-state index < -0.39 is 6.10 Å². The van der Waals surface area contributed by atoms with Crippen molar-refractivity contribution in [2.75, 3.05) is 39.5 Å². The van der Waals surface area contributed by atoms with Gasteiger partial charge in [0.05, 0.1) is 25.2 Å². The maximum Gasteiger partial charge on any atom is 0.305 e. The number of benzene rings is 1. The Bertz CT molecular complexity index is 857. The number of carbonyl (C=O) groups excluding carboxylic acids is 2. The van der Waals surface area contributed by atoms with Gasteiger partial charge in [-0.1, -0.05) is 68.7 Å². The molecule has 0 unspecified atom stereocenters. The first-order valence-electron chi connectivity index (χ1n) is 13.7. The van der Waals surface area contributed by atoms with Gasteiger partial charge in [-0.25, -0.2) is 0 Å². The second kappa shape index (κ2) is 15.7. The fraction of sp³-hybridized carbons (Fsp3) is 0.600. The lowest BCUT2D eigenvalue weighted by Gasteiger charge is -2.26. The number of morpholine rings is 1. The molecule has 3 rings (SSSR count). The first-order chi connectivity index (χ1) is 17.6. The van der Waals surface area contributed by atoms with Crippen molar-refractivity contribution in [1.82, 2.24) is 4.90 Å². The van der Waals surface area contributed by atoms with E-state index in [0.717, 1.165) is 88.9 Å². The number of hydrogen-bond acceptors (Lipinski definition) is 6. The number of ether oxygens (including phenoxy) is 2. The lowest BCUT2D eigenvalue weighted by atomic mass is 9.85. The Balaban J connectivity index is 1.35. The molecule has 6 heteroatoms. The lowest BCUT2D eigenvalue weighted by molar-refractivity contribution is -0.144. The number of esters is 1. The van der Waals surface area contributed by atoms with E-state index in [2.05, 4.69) is 24.0 Å². The SMILES string of the molecule is CCCCC[C@@H](O)c1ccc([C@H]2C(=O)C=C[C@@H]2C/C=C/CCCC(=O)OCCN2CCOCC2)cc1. The normalized spacial score (nSPS) is 21.3. The minimum absolute atomic E-state index is 0.138. The Morgan fingerprint density at radius 3 is 2.69 bits per heavy atom. The molecule has 1 N–H and O–H groups in total. The number of nitrogens with zero attached hydrogens (tertiary/aromatic N) is 1. The van der Waals surface area contributed by atoms with E-state index in [1.54, 1.807) is 6.08 Å². The quantitative estimate of drug-likeness (QED) is 0.206. The van der Waals surface area contributed by atoms with E-state index >= 15 is 0 Å². The summed E-state index contributed by atoms with van der Waals surface area (Å²) in [6.45, 7) is 6.67. The standard InChI is InChI=1S/C30H43NO5/c1-2-3-6-10-27(32)24-12-14-26(15-13-24)30-25(16-17-28(30)33)9-7-4-5-8-11-29(34)36-23-20-31-18-21-35-22-19-31/h4,7,12-17,25,27,30,32H,2-3,5-6,8-11,18-23H2,1H3/b7-4+/t25-,27+,30-/m0/s1. The van der Waals surface area contributed by atoms with Crippen LogP contribution in [-0.4, -0.2) is 61.2 Å². The van der Waals surface area contributed by atoms with E-state index in [1.807, 2.05) is 30.3 Å². The van der Waals surface area contributed by atoms with Crippen LogP contribution in [0.15, 0.2) is 48.6 Å². The zero-order chi connectivity index (χ0) is 25.6. The maximum atomic E-state index is 12.6. The van der Waals surface area contributed by atoms with Gasteiger partial charge in [-0.3, -0.25) is 14.5 Å². The van der Waals surface area contributed by atoms with E-state index in [-0.39, 0.29) is 23.6 Å². The monoisotopic (exact) mass is 497 g/mol. The average Bonchev–Trinajstić information content (AvgIpc) is 3.27. The van der Waals surface area contributed by atoms with Crippen LogP contribution in [0, 0.1) is 5.92 Å². The summed E-state index contributed by atoms with van der Waals surface area (Å²) in [6.07, 6.45) is 14.4. The summed E-state index contributed by atoms with van der Waals surface area (Å²) < 4.78 is 10.7. The average molecular weight is 498 g/mol. The topological polar surface area (TPSA) is 76.1 Å². The Morgan fingerprint density at radius 2 is 1.94 bits per heavy atom. The Morgan fingerprint density at radius 1 is 1.17 bits per heavy atom. The van der Waals surface area contributed by atoms with Gasteiger partial charge in [-0.15, -0.1) is 0 Å². The molecule has 1 aromatic rings. The summed E-state index contributed by atoms with van der Waals surface area (Å²) in [6, 6.07) is 7.92. The zero-order valence-electron chi connectivity index (χ0n) is 21.8. The summed E-state index contributed by atoms with van der Waals surface area (Å²) in [5.74, 6) is -0.0222. The van der Waals surface area contributed by atoms with Gasteiger partial charge in [0.15, 0.2) is 5.78 Å². The molecule has 1 fully saturated rings. The van der Waals surface area contributed by atoms with Crippen molar-refractivity contribution in [1.29, 1.82) is 0 Å². The second-order valence-corrected chi connectivity index (χ2v) is 9.86. The highest BCUT2D eigenvalue weighted by Crippen LogP contribution is 2.35. The van der Waals surface area contributed by atoms with Crippen LogP contribution in [0.4, 0.5) is 0 Å². The van der Waals surface area contributed by atoms with Crippen molar-refractivity contribution in [3.05, 3.63) is 59.7 Å². The van der Waals surface area contributed by atoms with Crippen molar-refractivity contribution in [3.63, 3.8) is 0 Å². The highest BCUT2D eigenvalue weighted by atomic mass is 16.5. The van der Waals surface area contributed by atoms with Crippen LogP contribution < -0.4 is 0 Å². The molecule has 1 heterocycles. The van der Waals surface area contributed by atoms with Crippen LogP contribution in [0.1, 0.15) is 81.4 Å². The van der Waals surface area contributed by atoms with Crippen molar-refractivity contribution in [2.45, 2.75) is 70.3 Å². The predicted octanol–water partition coefficient (Wildman–Crippen LogP) is 5.13. The van der Waals surface area contributed by atoms with Gasteiger partial charge < -0.3 is 14.6 Å². The van der Waals surface area contributed by atoms with Gasteiger partial charge in [0, 0.05) is 26.1 Å². The van der Waals surface area contributed by atoms with Crippen molar-refractivity contribution >= 4 is 11.8 Å². The molecule has 1 aliphatic heterocycles. The van der Waals surface area contributed by atoms with E-state index in [9.17, 15) is 14.7 Å². The summed E-state index contributed by atoms with van der Waals surface area (Å²) in [5.41, 5.74) is 1.93. The van der Waals surface area contributed by atoms with Crippen molar-refractivity contribution < 1.29 is 24.2 Å². The van der Waals surface area contributed by atoms with E-state index in [4.69, 9.17) is 9.47 Å². The zero-order valence-corrected chi connectivity index (χ0v) is 21.8.